The number of hydrogen-bond donors (Lipinski definition) is 1. The second-order valence-corrected chi connectivity index (χ2v) is 7.71. The highest BCUT2D eigenvalue weighted by Gasteiger charge is 2.24. The molecule has 2 heterocycles. The van der Waals surface area contributed by atoms with Crippen LogP contribution in [0.15, 0.2) is 54.7 Å². The second kappa shape index (κ2) is 9.64. The molecule has 3 aromatic rings. The third kappa shape index (κ3) is 4.77. The van der Waals surface area contributed by atoms with Crippen molar-refractivity contribution in [3.63, 3.8) is 0 Å². The maximum absolute atomic E-state index is 13.0. The van der Waals surface area contributed by atoms with E-state index in [0.29, 0.717) is 29.9 Å². The summed E-state index contributed by atoms with van der Waals surface area (Å²) in [6.07, 6.45) is 1.59. The Bertz CT molecular complexity index is 1130. The molecular formula is C24H27N5O4. The molecule has 2 amide bonds. The molecule has 0 bridgehead atoms. The summed E-state index contributed by atoms with van der Waals surface area (Å²) in [5, 5.41) is 6.90. The van der Waals surface area contributed by atoms with E-state index in [2.05, 4.69) is 15.3 Å². The van der Waals surface area contributed by atoms with Crippen LogP contribution >= 0.6 is 0 Å². The largest absolute Gasteiger partial charge is 0.495 e. The van der Waals surface area contributed by atoms with E-state index in [-0.39, 0.29) is 17.7 Å². The van der Waals surface area contributed by atoms with Crippen molar-refractivity contribution >= 4 is 23.2 Å². The standard InChI is InChI=1S/C24H27N5O4/c1-27-16-19(23(26-27)33-3)22(30)25-18-10-8-17(9-11-18)24(31)29-14-12-28(13-15-29)20-6-4-5-7-21(20)32-2/h4-11,16H,12-15H2,1-3H3,(H,25,30). The number of rotatable bonds is 6. The molecule has 0 radical (unpaired) electrons. The number of nitrogens with one attached hydrogen (secondary N) is 1. The Morgan fingerprint density at radius 1 is 0.939 bits per heavy atom. The van der Waals surface area contributed by atoms with Crippen LogP contribution in [0.4, 0.5) is 11.4 Å². The summed E-state index contributed by atoms with van der Waals surface area (Å²) in [4.78, 5) is 29.6. The lowest BCUT2D eigenvalue weighted by Crippen LogP contribution is -2.48. The average molecular weight is 450 g/mol. The number of aromatic nitrogens is 2. The van der Waals surface area contributed by atoms with Gasteiger partial charge in [0.1, 0.15) is 11.3 Å². The van der Waals surface area contributed by atoms with Crippen LogP contribution in [0.3, 0.4) is 0 Å². The molecule has 1 aromatic heterocycles. The Labute approximate surface area is 192 Å². The fraction of sp³-hybridized carbons (Fsp3) is 0.292. The number of hydrogen-bond acceptors (Lipinski definition) is 6. The fourth-order valence-corrected chi connectivity index (χ4v) is 3.89. The van der Waals surface area contributed by atoms with Crippen LogP contribution in [0.25, 0.3) is 0 Å². The molecule has 1 aliphatic heterocycles. The number of aryl methyl sites for hydroxylation is 1. The average Bonchev–Trinajstić information content (AvgIpc) is 3.25. The van der Waals surface area contributed by atoms with Crippen LogP contribution in [0.2, 0.25) is 0 Å². The van der Waals surface area contributed by atoms with Crippen molar-refractivity contribution in [3.8, 4) is 11.6 Å². The van der Waals surface area contributed by atoms with Crippen LogP contribution in [0.5, 0.6) is 11.6 Å². The van der Waals surface area contributed by atoms with Crippen molar-refractivity contribution < 1.29 is 19.1 Å². The zero-order chi connectivity index (χ0) is 23.4. The van der Waals surface area contributed by atoms with Gasteiger partial charge in [-0.25, -0.2) is 0 Å². The highest BCUT2D eigenvalue weighted by atomic mass is 16.5. The monoisotopic (exact) mass is 449 g/mol. The number of ether oxygens (including phenoxy) is 2. The van der Waals surface area contributed by atoms with Crippen LogP contribution in [0.1, 0.15) is 20.7 Å². The van der Waals surface area contributed by atoms with Gasteiger partial charge in [-0.05, 0) is 36.4 Å². The lowest BCUT2D eigenvalue weighted by Gasteiger charge is -2.36. The number of nitrogens with zero attached hydrogens (tertiary/aromatic N) is 4. The number of para-hydroxylation sites is 2. The molecule has 4 rings (SSSR count). The van der Waals surface area contributed by atoms with Gasteiger partial charge in [0, 0.05) is 50.7 Å². The summed E-state index contributed by atoms with van der Waals surface area (Å²) < 4.78 is 12.1. The van der Waals surface area contributed by atoms with E-state index in [4.69, 9.17) is 9.47 Å². The molecule has 0 spiro atoms. The number of piperazine rings is 1. The predicted octanol–water partition coefficient (Wildman–Crippen LogP) is 2.65. The summed E-state index contributed by atoms with van der Waals surface area (Å²) in [5.74, 6) is 0.737. The van der Waals surface area contributed by atoms with Gasteiger partial charge in [-0.1, -0.05) is 12.1 Å². The molecule has 0 saturated carbocycles. The SMILES string of the molecule is COc1ccccc1N1CCN(C(=O)c2ccc(NC(=O)c3cn(C)nc3OC)cc2)CC1. The number of anilines is 2. The van der Waals surface area contributed by atoms with Crippen LogP contribution in [-0.2, 0) is 7.05 Å². The molecule has 33 heavy (non-hydrogen) atoms. The molecular weight excluding hydrogens is 422 g/mol. The molecule has 0 atom stereocenters. The molecule has 0 unspecified atom stereocenters. The Morgan fingerprint density at radius 3 is 2.30 bits per heavy atom. The lowest BCUT2D eigenvalue weighted by molar-refractivity contribution is 0.0746. The minimum atomic E-state index is -0.327. The van der Waals surface area contributed by atoms with Crippen molar-refractivity contribution in [2.75, 3.05) is 50.6 Å². The van der Waals surface area contributed by atoms with Crippen molar-refractivity contribution in [1.82, 2.24) is 14.7 Å². The molecule has 1 N–H and O–H groups in total. The quantitative estimate of drug-likeness (QED) is 0.623. The van der Waals surface area contributed by atoms with Gasteiger partial charge >= 0.3 is 0 Å². The highest BCUT2D eigenvalue weighted by Crippen LogP contribution is 2.28. The summed E-state index contributed by atoms with van der Waals surface area (Å²) in [5.41, 5.74) is 2.55. The topological polar surface area (TPSA) is 88.9 Å². The van der Waals surface area contributed by atoms with Gasteiger partial charge in [-0.2, -0.15) is 0 Å². The smallest absolute Gasteiger partial charge is 0.262 e. The number of benzene rings is 2. The fourth-order valence-electron chi connectivity index (χ4n) is 3.89. The zero-order valence-electron chi connectivity index (χ0n) is 18.9. The summed E-state index contributed by atoms with van der Waals surface area (Å²) >= 11 is 0. The maximum Gasteiger partial charge on any atom is 0.262 e. The molecule has 9 heteroatoms. The number of methoxy groups -OCH3 is 2. The Balaban J connectivity index is 1.36. The lowest BCUT2D eigenvalue weighted by atomic mass is 10.1. The Morgan fingerprint density at radius 2 is 1.64 bits per heavy atom. The van der Waals surface area contributed by atoms with Gasteiger partial charge in [0.25, 0.3) is 11.8 Å². The molecule has 1 fully saturated rings. The second-order valence-electron chi connectivity index (χ2n) is 7.71. The van der Waals surface area contributed by atoms with Crippen molar-refractivity contribution in [2.24, 2.45) is 7.05 Å². The number of carbonyl (C=O) groups excluding carboxylic acids is 2. The van der Waals surface area contributed by atoms with Crippen LogP contribution in [0, 0.1) is 0 Å². The van der Waals surface area contributed by atoms with E-state index in [1.807, 2.05) is 29.2 Å². The van der Waals surface area contributed by atoms with Crippen molar-refractivity contribution in [3.05, 3.63) is 65.9 Å². The minimum absolute atomic E-state index is 0.0264. The Hall–Kier alpha value is -4.01. The molecule has 172 valence electrons. The first kappa shape index (κ1) is 22.2. The van der Waals surface area contributed by atoms with Gasteiger partial charge in [-0.3, -0.25) is 14.3 Å². The predicted molar refractivity (Wildman–Crippen MR) is 125 cm³/mol. The maximum atomic E-state index is 13.0. The van der Waals surface area contributed by atoms with Gasteiger partial charge < -0.3 is 24.6 Å². The molecule has 0 aliphatic carbocycles. The van der Waals surface area contributed by atoms with E-state index >= 15 is 0 Å². The van der Waals surface area contributed by atoms with Gasteiger partial charge in [0.2, 0.25) is 5.88 Å². The molecule has 2 aromatic carbocycles. The van der Waals surface area contributed by atoms with E-state index in [1.54, 1.807) is 44.6 Å². The molecule has 1 aliphatic rings. The van der Waals surface area contributed by atoms with Crippen molar-refractivity contribution in [1.29, 1.82) is 0 Å². The normalized spacial score (nSPS) is 13.5. The summed E-state index contributed by atoms with van der Waals surface area (Å²) in [6.45, 7) is 2.70. The molecule has 1 saturated heterocycles. The van der Waals surface area contributed by atoms with E-state index in [9.17, 15) is 9.59 Å². The number of carbonyl (C=O) groups is 2. The van der Waals surface area contributed by atoms with Crippen LogP contribution in [-0.4, -0.2) is 66.9 Å². The Kier molecular flexibility index (Phi) is 6.48. The third-order valence-electron chi connectivity index (χ3n) is 5.62. The number of amides is 2. The minimum Gasteiger partial charge on any atom is -0.495 e. The first-order chi connectivity index (χ1) is 16.0. The van der Waals surface area contributed by atoms with Gasteiger partial charge in [0.15, 0.2) is 0 Å². The van der Waals surface area contributed by atoms with Crippen LogP contribution < -0.4 is 19.7 Å². The summed E-state index contributed by atoms with van der Waals surface area (Å²) in [7, 11) is 4.85. The van der Waals surface area contributed by atoms with E-state index in [0.717, 1.165) is 24.5 Å². The third-order valence-corrected chi connectivity index (χ3v) is 5.62. The molecule has 9 nitrogen and oxygen atoms in total. The zero-order valence-corrected chi connectivity index (χ0v) is 18.9. The summed E-state index contributed by atoms with van der Waals surface area (Å²) in [6, 6.07) is 14.8. The highest BCUT2D eigenvalue weighted by molar-refractivity contribution is 6.06. The first-order valence-corrected chi connectivity index (χ1v) is 10.7. The van der Waals surface area contributed by atoms with Crippen molar-refractivity contribution in [2.45, 2.75) is 0 Å². The van der Waals surface area contributed by atoms with E-state index < -0.39 is 0 Å². The first-order valence-electron chi connectivity index (χ1n) is 10.7. The van der Waals surface area contributed by atoms with E-state index in [1.165, 1.54) is 11.8 Å². The van der Waals surface area contributed by atoms with Gasteiger partial charge in [-0.15, -0.1) is 5.10 Å². The van der Waals surface area contributed by atoms with Gasteiger partial charge in [0.05, 0.1) is 19.9 Å².